The topological polar surface area (TPSA) is 102 Å². The Labute approximate surface area is 136 Å². The second-order valence-electron chi connectivity index (χ2n) is 4.89. The summed E-state index contributed by atoms with van der Waals surface area (Å²) in [6.45, 7) is 0. The Bertz CT molecular complexity index is 933. The van der Waals surface area contributed by atoms with Gasteiger partial charge in [-0.2, -0.15) is 13.2 Å². The van der Waals surface area contributed by atoms with E-state index in [1.54, 1.807) is 12.3 Å². The number of aromatic nitrogens is 1. The number of rotatable bonds is 1. The highest BCUT2D eigenvalue weighted by molar-refractivity contribution is 7.89. The number of aromatic amines is 1. The summed E-state index contributed by atoms with van der Waals surface area (Å²) < 4.78 is 57.6. The number of fused-ring (bicyclic) bond motifs is 1. The molecule has 0 saturated heterocycles. The molecule has 0 radical (unpaired) electrons. The molecule has 1 heterocycles. The van der Waals surface area contributed by atoms with E-state index in [-0.39, 0.29) is 4.90 Å². The molecule has 3 rings (SSSR count). The van der Waals surface area contributed by atoms with Crippen molar-refractivity contribution >= 4 is 26.6 Å². The van der Waals surface area contributed by atoms with Gasteiger partial charge < -0.3 is 10.7 Å². The summed E-state index contributed by atoms with van der Waals surface area (Å²) in [5, 5.41) is 5.94. The van der Waals surface area contributed by atoms with Crippen LogP contribution < -0.4 is 10.9 Å². The van der Waals surface area contributed by atoms with E-state index in [9.17, 15) is 21.6 Å². The quantitative estimate of drug-likeness (QED) is 0.583. The second-order valence-corrected chi connectivity index (χ2v) is 6.45. The number of sulfonamides is 1. The highest BCUT2D eigenvalue weighted by Gasteiger charge is 2.29. The predicted molar refractivity (Wildman–Crippen MR) is 85.5 cm³/mol. The molecule has 128 valence electrons. The standard InChI is InChI=1S/C8H8N2O2S.C7H6F3N/c9-13(11,12)7-2-1-6-3-4-10-8(6)5-7;8-7(9,10)5-1-3-6(11)4-2-5/h1-5,10H,(H2,9,11,12);1-4H,11H2. The first kappa shape index (κ1) is 17.8. The summed E-state index contributed by atoms with van der Waals surface area (Å²) in [5.74, 6) is 0. The molecule has 3 aromatic rings. The highest BCUT2D eigenvalue weighted by Crippen LogP contribution is 2.29. The molecule has 24 heavy (non-hydrogen) atoms. The molecular formula is C15H14F3N3O2S. The summed E-state index contributed by atoms with van der Waals surface area (Å²) in [5.41, 5.74) is 5.63. The summed E-state index contributed by atoms with van der Waals surface area (Å²) in [7, 11) is -3.59. The number of alkyl halides is 3. The van der Waals surface area contributed by atoms with E-state index in [4.69, 9.17) is 10.9 Å². The fourth-order valence-corrected chi connectivity index (χ4v) is 2.42. The lowest BCUT2D eigenvalue weighted by molar-refractivity contribution is -0.137. The number of halogens is 3. The third-order valence-corrected chi connectivity index (χ3v) is 4.00. The molecular weight excluding hydrogens is 343 g/mol. The van der Waals surface area contributed by atoms with Crippen LogP contribution in [0.3, 0.4) is 0 Å². The molecule has 2 aromatic carbocycles. The summed E-state index contributed by atoms with van der Waals surface area (Å²) in [6.07, 6.45) is -2.52. The van der Waals surface area contributed by atoms with Gasteiger partial charge in [-0.05, 0) is 47.9 Å². The van der Waals surface area contributed by atoms with Gasteiger partial charge in [0.1, 0.15) is 0 Å². The fraction of sp³-hybridized carbons (Fsp3) is 0.0667. The zero-order valence-electron chi connectivity index (χ0n) is 12.2. The van der Waals surface area contributed by atoms with Crippen LogP contribution in [0.5, 0.6) is 0 Å². The van der Waals surface area contributed by atoms with E-state index in [0.717, 1.165) is 23.0 Å². The third-order valence-electron chi connectivity index (χ3n) is 3.09. The minimum atomic E-state index is -4.27. The Morgan fingerprint density at radius 1 is 0.958 bits per heavy atom. The van der Waals surface area contributed by atoms with Crippen LogP contribution in [0.15, 0.2) is 59.6 Å². The van der Waals surface area contributed by atoms with Crippen molar-refractivity contribution in [3.05, 3.63) is 60.3 Å². The van der Waals surface area contributed by atoms with Gasteiger partial charge in [0.2, 0.25) is 10.0 Å². The van der Waals surface area contributed by atoms with Gasteiger partial charge in [-0.15, -0.1) is 0 Å². The number of hydrogen-bond donors (Lipinski definition) is 3. The van der Waals surface area contributed by atoms with E-state index >= 15 is 0 Å². The molecule has 0 aliphatic rings. The van der Waals surface area contributed by atoms with Crippen LogP contribution >= 0.6 is 0 Å². The maximum absolute atomic E-state index is 11.9. The number of hydrogen-bond acceptors (Lipinski definition) is 3. The van der Waals surface area contributed by atoms with Gasteiger partial charge in [-0.3, -0.25) is 0 Å². The maximum atomic E-state index is 11.9. The number of nitrogens with two attached hydrogens (primary N) is 2. The Hall–Kier alpha value is -2.52. The van der Waals surface area contributed by atoms with Gasteiger partial charge in [0.25, 0.3) is 0 Å². The summed E-state index contributed by atoms with van der Waals surface area (Å²) in [6, 6.07) is 10.9. The summed E-state index contributed by atoms with van der Waals surface area (Å²) >= 11 is 0. The van der Waals surface area contributed by atoms with Gasteiger partial charge in [-0.1, -0.05) is 6.07 Å². The molecule has 0 fully saturated rings. The lowest BCUT2D eigenvalue weighted by Crippen LogP contribution is -2.11. The monoisotopic (exact) mass is 357 g/mol. The highest BCUT2D eigenvalue weighted by atomic mass is 32.2. The van der Waals surface area contributed by atoms with E-state index in [2.05, 4.69) is 4.98 Å². The van der Waals surface area contributed by atoms with Crippen LogP contribution in [0.25, 0.3) is 10.9 Å². The lowest BCUT2D eigenvalue weighted by atomic mass is 10.2. The fourth-order valence-electron chi connectivity index (χ4n) is 1.88. The predicted octanol–water partition coefficient (Wildman–Crippen LogP) is 3.10. The molecule has 0 unspecified atom stereocenters. The SMILES string of the molecule is NS(=O)(=O)c1ccc2cc[nH]c2c1.Nc1ccc(C(F)(F)F)cc1. The average Bonchev–Trinajstić information content (AvgIpc) is 2.94. The van der Waals surface area contributed by atoms with Crippen LogP contribution in [-0.4, -0.2) is 13.4 Å². The Morgan fingerprint density at radius 2 is 1.58 bits per heavy atom. The number of H-pyrrole nitrogens is 1. The molecule has 0 spiro atoms. The minimum absolute atomic E-state index is 0.127. The smallest absolute Gasteiger partial charge is 0.399 e. The Balaban J connectivity index is 0.000000177. The molecule has 5 nitrogen and oxygen atoms in total. The lowest BCUT2D eigenvalue weighted by Gasteiger charge is -2.05. The zero-order chi connectivity index (χ0) is 18.0. The van der Waals surface area contributed by atoms with Crippen molar-refractivity contribution < 1.29 is 21.6 Å². The molecule has 0 bridgehead atoms. The van der Waals surface area contributed by atoms with Crippen LogP contribution in [-0.2, 0) is 16.2 Å². The van der Waals surface area contributed by atoms with Gasteiger partial charge in [-0.25, -0.2) is 13.6 Å². The number of primary sulfonamides is 1. The third kappa shape index (κ3) is 4.49. The number of nitrogen functional groups attached to an aromatic ring is 1. The molecule has 0 saturated carbocycles. The van der Waals surface area contributed by atoms with Crippen molar-refractivity contribution in [2.45, 2.75) is 11.1 Å². The number of nitrogens with one attached hydrogen (secondary N) is 1. The van der Waals surface area contributed by atoms with Crippen LogP contribution in [0.2, 0.25) is 0 Å². The molecule has 5 N–H and O–H groups in total. The van der Waals surface area contributed by atoms with E-state index in [0.29, 0.717) is 5.69 Å². The van der Waals surface area contributed by atoms with Gasteiger partial charge >= 0.3 is 6.18 Å². The first-order chi connectivity index (χ1) is 11.1. The van der Waals surface area contributed by atoms with Crippen molar-refractivity contribution in [3.8, 4) is 0 Å². The first-order valence-electron chi connectivity index (χ1n) is 6.60. The van der Waals surface area contributed by atoms with Crippen molar-refractivity contribution in [3.63, 3.8) is 0 Å². The maximum Gasteiger partial charge on any atom is 0.416 e. The van der Waals surface area contributed by atoms with Crippen molar-refractivity contribution in [2.75, 3.05) is 5.73 Å². The average molecular weight is 357 g/mol. The summed E-state index contributed by atoms with van der Waals surface area (Å²) in [4.78, 5) is 3.04. The van der Waals surface area contributed by atoms with E-state index in [1.807, 2.05) is 6.07 Å². The van der Waals surface area contributed by atoms with E-state index in [1.165, 1.54) is 24.3 Å². The molecule has 9 heteroatoms. The van der Waals surface area contributed by atoms with Crippen LogP contribution in [0.4, 0.5) is 18.9 Å². The molecule has 0 aliphatic carbocycles. The van der Waals surface area contributed by atoms with Crippen molar-refractivity contribution in [1.82, 2.24) is 4.98 Å². The van der Waals surface area contributed by atoms with Gasteiger partial charge in [0, 0.05) is 17.4 Å². The largest absolute Gasteiger partial charge is 0.416 e. The first-order valence-corrected chi connectivity index (χ1v) is 8.15. The van der Waals surface area contributed by atoms with Crippen LogP contribution in [0, 0.1) is 0 Å². The van der Waals surface area contributed by atoms with E-state index < -0.39 is 21.8 Å². The minimum Gasteiger partial charge on any atom is -0.399 e. The normalized spacial score (nSPS) is 11.8. The molecule has 1 aromatic heterocycles. The molecule has 0 aliphatic heterocycles. The van der Waals surface area contributed by atoms with Gasteiger partial charge in [0.15, 0.2) is 0 Å². The molecule has 0 amide bonds. The van der Waals surface area contributed by atoms with Crippen LogP contribution in [0.1, 0.15) is 5.56 Å². The van der Waals surface area contributed by atoms with Crippen molar-refractivity contribution in [1.29, 1.82) is 0 Å². The van der Waals surface area contributed by atoms with Crippen molar-refractivity contribution in [2.24, 2.45) is 5.14 Å². The Morgan fingerprint density at radius 3 is 2.12 bits per heavy atom. The Kier molecular flexibility index (Phi) is 4.86. The number of anilines is 1. The zero-order valence-corrected chi connectivity index (χ0v) is 13.0. The second kappa shape index (κ2) is 6.54. The number of benzene rings is 2. The van der Waals surface area contributed by atoms with Gasteiger partial charge in [0.05, 0.1) is 10.5 Å². The molecule has 0 atom stereocenters.